The quantitative estimate of drug-likeness (QED) is 0.752. The van der Waals surface area contributed by atoms with Crippen molar-refractivity contribution in [3.05, 3.63) is 64.4 Å². The molecule has 3 aromatic rings. The smallest absolute Gasteiger partial charge is 0.337 e. The van der Waals surface area contributed by atoms with Gasteiger partial charge in [0.1, 0.15) is 0 Å². The highest BCUT2D eigenvalue weighted by Crippen LogP contribution is 2.16. The molecule has 6 heteroatoms. The largest absolute Gasteiger partial charge is 0.465 e. The van der Waals surface area contributed by atoms with Gasteiger partial charge in [-0.2, -0.15) is 0 Å². The maximum Gasteiger partial charge on any atom is 0.337 e. The lowest BCUT2D eigenvalue weighted by molar-refractivity contribution is 0.0601. The van der Waals surface area contributed by atoms with Gasteiger partial charge in [-0.3, -0.25) is 4.79 Å². The lowest BCUT2D eigenvalue weighted by Gasteiger charge is -2.10. The predicted octanol–water partition coefficient (Wildman–Crippen LogP) is 2.46. The van der Waals surface area contributed by atoms with Crippen LogP contribution in [0.2, 0.25) is 0 Å². The van der Waals surface area contributed by atoms with Gasteiger partial charge in [0.05, 0.1) is 23.7 Å². The van der Waals surface area contributed by atoms with Crippen molar-refractivity contribution in [2.24, 2.45) is 7.05 Å². The van der Waals surface area contributed by atoms with E-state index in [0.717, 1.165) is 11.0 Å². The molecule has 0 spiro atoms. The van der Waals surface area contributed by atoms with E-state index in [1.807, 2.05) is 24.3 Å². The van der Waals surface area contributed by atoms with Crippen molar-refractivity contribution in [1.29, 1.82) is 0 Å². The van der Waals surface area contributed by atoms with Crippen LogP contribution in [0.15, 0.2) is 53.3 Å². The molecule has 3 rings (SSSR count). The highest BCUT2D eigenvalue weighted by Gasteiger charge is 2.09. The molecule has 0 radical (unpaired) electrons. The van der Waals surface area contributed by atoms with Gasteiger partial charge in [-0.15, -0.1) is 0 Å². The third-order valence-electron chi connectivity index (χ3n) is 3.55. The van der Waals surface area contributed by atoms with Crippen LogP contribution < -0.4 is 10.9 Å². The number of carbonyl (C=O) groups excluding carboxylic acids is 1. The standard InChI is InChI=1S/C17H15N3O3/c1-20-14-6-4-3-5-13(14)19-15(16(20)21)18-12-9-7-11(8-10-12)17(22)23-2/h3-10H,1-2H3,(H,18,19). The first kappa shape index (κ1) is 14.8. The van der Waals surface area contributed by atoms with Gasteiger partial charge in [-0.25, -0.2) is 9.78 Å². The van der Waals surface area contributed by atoms with E-state index in [4.69, 9.17) is 0 Å². The summed E-state index contributed by atoms with van der Waals surface area (Å²) in [5.74, 6) is -0.173. The van der Waals surface area contributed by atoms with Gasteiger partial charge in [0.25, 0.3) is 5.56 Å². The summed E-state index contributed by atoms with van der Waals surface area (Å²) in [4.78, 5) is 28.2. The van der Waals surface area contributed by atoms with Crippen molar-refractivity contribution in [3.8, 4) is 0 Å². The molecule has 0 amide bonds. The number of benzene rings is 2. The molecular weight excluding hydrogens is 294 g/mol. The van der Waals surface area contributed by atoms with Crippen LogP contribution in [0.25, 0.3) is 11.0 Å². The number of methoxy groups -OCH3 is 1. The Labute approximate surface area is 132 Å². The van der Waals surface area contributed by atoms with Gasteiger partial charge in [-0.05, 0) is 36.4 Å². The summed E-state index contributed by atoms with van der Waals surface area (Å²) < 4.78 is 6.20. The van der Waals surface area contributed by atoms with E-state index >= 15 is 0 Å². The average Bonchev–Trinajstić information content (AvgIpc) is 2.59. The molecule has 23 heavy (non-hydrogen) atoms. The number of carbonyl (C=O) groups is 1. The van der Waals surface area contributed by atoms with Gasteiger partial charge in [0.2, 0.25) is 0 Å². The number of esters is 1. The van der Waals surface area contributed by atoms with Gasteiger partial charge < -0.3 is 14.6 Å². The molecule has 1 heterocycles. The lowest BCUT2D eigenvalue weighted by atomic mass is 10.2. The number of hydrogen-bond donors (Lipinski definition) is 1. The zero-order chi connectivity index (χ0) is 16.4. The Morgan fingerprint density at radius 1 is 1.13 bits per heavy atom. The third kappa shape index (κ3) is 2.78. The van der Waals surface area contributed by atoms with Crippen molar-refractivity contribution in [2.45, 2.75) is 0 Å². The number of fused-ring (bicyclic) bond motifs is 1. The summed E-state index contributed by atoms with van der Waals surface area (Å²) in [7, 11) is 3.04. The molecule has 6 nitrogen and oxygen atoms in total. The maximum atomic E-state index is 12.4. The van der Waals surface area contributed by atoms with Gasteiger partial charge in [0, 0.05) is 12.7 Å². The first-order valence-corrected chi connectivity index (χ1v) is 7.01. The number of nitrogens with zero attached hydrogens (tertiary/aromatic N) is 2. The summed E-state index contributed by atoms with van der Waals surface area (Å²) in [5, 5.41) is 2.99. The van der Waals surface area contributed by atoms with Crippen LogP contribution in [-0.4, -0.2) is 22.6 Å². The molecule has 0 aliphatic heterocycles. The molecule has 0 saturated heterocycles. The number of anilines is 2. The molecule has 0 unspecified atom stereocenters. The molecule has 0 fully saturated rings. The average molecular weight is 309 g/mol. The second-order valence-corrected chi connectivity index (χ2v) is 5.01. The zero-order valence-corrected chi connectivity index (χ0v) is 12.7. The number of nitrogens with one attached hydrogen (secondary N) is 1. The molecule has 0 bridgehead atoms. The molecule has 0 aliphatic carbocycles. The van der Waals surface area contributed by atoms with E-state index in [0.29, 0.717) is 11.3 Å². The molecule has 0 aliphatic rings. The van der Waals surface area contributed by atoms with E-state index in [9.17, 15) is 9.59 Å². The van der Waals surface area contributed by atoms with Crippen LogP contribution in [0, 0.1) is 0 Å². The zero-order valence-electron chi connectivity index (χ0n) is 12.7. The minimum Gasteiger partial charge on any atom is -0.465 e. The first-order chi connectivity index (χ1) is 11.1. The SMILES string of the molecule is COC(=O)c1ccc(Nc2nc3ccccc3n(C)c2=O)cc1. The van der Waals surface area contributed by atoms with E-state index in [2.05, 4.69) is 15.0 Å². The molecule has 1 aromatic heterocycles. The maximum absolute atomic E-state index is 12.4. The topological polar surface area (TPSA) is 73.2 Å². The number of para-hydroxylation sites is 2. The second-order valence-electron chi connectivity index (χ2n) is 5.01. The van der Waals surface area contributed by atoms with Crippen LogP contribution in [0.3, 0.4) is 0 Å². The second kappa shape index (κ2) is 5.92. The van der Waals surface area contributed by atoms with E-state index in [1.54, 1.807) is 35.9 Å². The first-order valence-electron chi connectivity index (χ1n) is 7.01. The van der Waals surface area contributed by atoms with Crippen LogP contribution in [0.4, 0.5) is 11.5 Å². The summed E-state index contributed by atoms with van der Waals surface area (Å²) in [6.45, 7) is 0. The predicted molar refractivity (Wildman–Crippen MR) is 88.0 cm³/mol. The Morgan fingerprint density at radius 3 is 2.52 bits per heavy atom. The molecule has 0 saturated carbocycles. The number of ether oxygens (including phenoxy) is 1. The Balaban J connectivity index is 1.97. The van der Waals surface area contributed by atoms with Gasteiger partial charge in [-0.1, -0.05) is 12.1 Å². The normalized spacial score (nSPS) is 10.5. The van der Waals surface area contributed by atoms with Crippen LogP contribution >= 0.6 is 0 Å². The van der Waals surface area contributed by atoms with Crippen molar-refractivity contribution >= 4 is 28.5 Å². The fourth-order valence-corrected chi connectivity index (χ4v) is 2.30. The Morgan fingerprint density at radius 2 is 1.83 bits per heavy atom. The Kier molecular flexibility index (Phi) is 3.80. The summed E-state index contributed by atoms with van der Waals surface area (Å²) in [5.41, 5.74) is 2.38. The highest BCUT2D eigenvalue weighted by molar-refractivity contribution is 5.89. The van der Waals surface area contributed by atoms with Crippen molar-refractivity contribution < 1.29 is 9.53 Å². The van der Waals surface area contributed by atoms with E-state index in [1.165, 1.54) is 7.11 Å². The number of aromatic nitrogens is 2. The molecule has 0 atom stereocenters. The summed E-state index contributed by atoms with van der Waals surface area (Å²) in [6, 6.07) is 14.1. The monoisotopic (exact) mass is 309 g/mol. The van der Waals surface area contributed by atoms with Gasteiger partial charge in [0.15, 0.2) is 5.82 Å². The lowest BCUT2D eigenvalue weighted by Crippen LogP contribution is -2.21. The van der Waals surface area contributed by atoms with E-state index < -0.39 is 5.97 Å². The highest BCUT2D eigenvalue weighted by atomic mass is 16.5. The Hall–Kier alpha value is -3.15. The molecular formula is C17H15N3O3. The number of hydrogen-bond acceptors (Lipinski definition) is 5. The fourth-order valence-electron chi connectivity index (χ4n) is 2.30. The van der Waals surface area contributed by atoms with Crippen molar-refractivity contribution in [3.63, 3.8) is 0 Å². The van der Waals surface area contributed by atoms with Crippen molar-refractivity contribution in [2.75, 3.05) is 12.4 Å². The van der Waals surface area contributed by atoms with Gasteiger partial charge >= 0.3 is 5.97 Å². The minimum absolute atomic E-state index is 0.222. The van der Waals surface area contributed by atoms with Crippen molar-refractivity contribution in [1.82, 2.24) is 9.55 Å². The minimum atomic E-state index is -0.406. The van der Waals surface area contributed by atoms with Crippen LogP contribution in [-0.2, 0) is 11.8 Å². The third-order valence-corrected chi connectivity index (χ3v) is 3.55. The van der Waals surface area contributed by atoms with Crippen LogP contribution in [0.5, 0.6) is 0 Å². The van der Waals surface area contributed by atoms with E-state index in [-0.39, 0.29) is 11.4 Å². The molecule has 2 aromatic carbocycles. The number of rotatable bonds is 3. The van der Waals surface area contributed by atoms with Crippen LogP contribution in [0.1, 0.15) is 10.4 Å². The molecule has 116 valence electrons. The fraction of sp³-hybridized carbons (Fsp3) is 0.118. The Bertz CT molecular complexity index is 930. The summed E-state index contributed by atoms with van der Waals surface area (Å²) >= 11 is 0. The molecule has 1 N–H and O–H groups in total. The number of aryl methyl sites for hydroxylation is 1. The summed E-state index contributed by atoms with van der Waals surface area (Å²) in [6.07, 6.45) is 0.